The zero-order valence-electron chi connectivity index (χ0n) is 17.5. The molecule has 2 heterocycles. The van der Waals surface area contributed by atoms with Gasteiger partial charge in [-0.25, -0.2) is 4.98 Å². The van der Waals surface area contributed by atoms with Crippen molar-refractivity contribution < 1.29 is 14.6 Å². The van der Waals surface area contributed by atoms with E-state index in [2.05, 4.69) is 21.7 Å². The van der Waals surface area contributed by atoms with Crippen LogP contribution in [0, 0.1) is 17.2 Å². The smallest absolute Gasteiger partial charge is 0.222 e. The van der Waals surface area contributed by atoms with Crippen LogP contribution >= 0.6 is 12.4 Å². The molecule has 31 heavy (non-hydrogen) atoms. The van der Waals surface area contributed by atoms with Crippen LogP contribution in [0.2, 0.25) is 0 Å². The number of anilines is 1. The topological polar surface area (TPSA) is 107 Å². The molecular weight excluding hydrogens is 416 g/mol. The number of ether oxygens (including phenoxy) is 1. The third kappa shape index (κ3) is 5.27. The van der Waals surface area contributed by atoms with E-state index in [9.17, 15) is 15.2 Å². The number of nitrogens with one attached hydrogen (secondary N) is 2. The Hall–Kier alpha value is -2.82. The van der Waals surface area contributed by atoms with Gasteiger partial charge < -0.3 is 20.5 Å². The summed E-state index contributed by atoms with van der Waals surface area (Å²) >= 11 is 0. The molecule has 8 heteroatoms. The second-order valence-electron chi connectivity index (χ2n) is 8.04. The fourth-order valence-corrected chi connectivity index (χ4v) is 3.91. The van der Waals surface area contributed by atoms with Gasteiger partial charge >= 0.3 is 0 Å². The molecule has 0 spiro atoms. The summed E-state index contributed by atoms with van der Waals surface area (Å²) in [5, 5.41) is 26.5. The van der Waals surface area contributed by atoms with Gasteiger partial charge in [-0.1, -0.05) is 6.07 Å². The van der Waals surface area contributed by atoms with Crippen molar-refractivity contribution in [1.82, 2.24) is 10.3 Å². The summed E-state index contributed by atoms with van der Waals surface area (Å²) in [6.45, 7) is 3.74. The predicted molar refractivity (Wildman–Crippen MR) is 121 cm³/mol. The number of hydrogen-bond donors (Lipinski definition) is 3. The summed E-state index contributed by atoms with van der Waals surface area (Å²) in [5.41, 5.74) is 2.22. The van der Waals surface area contributed by atoms with Gasteiger partial charge in [0, 0.05) is 6.92 Å². The number of carbonyl (C=O) groups excluding carboxylic acids is 1. The van der Waals surface area contributed by atoms with Gasteiger partial charge in [-0.15, -0.1) is 12.4 Å². The molecule has 4 rings (SSSR count). The molecule has 1 aliphatic carbocycles. The quantitative estimate of drug-likeness (QED) is 0.625. The molecule has 3 N–H and O–H groups in total. The number of benzene rings is 1. The minimum absolute atomic E-state index is 0. The number of aromatic hydroxyl groups is 1. The molecule has 1 aromatic heterocycles. The summed E-state index contributed by atoms with van der Waals surface area (Å²) in [5.74, 6) is 1.29. The van der Waals surface area contributed by atoms with Gasteiger partial charge in [-0.05, 0) is 74.4 Å². The van der Waals surface area contributed by atoms with Crippen molar-refractivity contribution in [2.24, 2.45) is 5.92 Å². The van der Waals surface area contributed by atoms with Crippen molar-refractivity contribution in [3.05, 3.63) is 35.4 Å². The van der Waals surface area contributed by atoms with Crippen LogP contribution in [0.25, 0.3) is 11.3 Å². The summed E-state index contributed by atoms with van der Waals surface area (Å²) < 4.78 is 6.00. The van der Waals surface area contributed by atoms with Crippen LogP contribution in [0.5, 0.6) is 11.5 Å². The van der Waals surface area contributed by atoms with Crippen molar-refractivity contribution in [2.75, 3.05) is 25.0 Å². The molecule has 0 bridgehead atoms. The Morgan fingerprint density at radius 1 is 1.32 bits per heavy atom. The lowest BCUT2D eigenvalue weighted by Gasteiger charge is -2.25. The highest BCUT2D eigenvalue weighted by Crippen LogP contribution is 2.41. The number of piperidine rings is 1. The van der Waals surface area contributed by atoms with Crippen molar-refractivity contribution in [2.45, 2.75) is 38.5 Å². The lowest BCUT2D eigenvalue weighted by molar-refractivity contribution is -0.114. The molecule has 2 fully saturated rings. The van der Waals surface area contributed by atoms with Crippen LogP contribution in [0.15, 0.2) is 24.3 Å². The summed E-state index contributed by atoms with van der Waals surface area (Å²) in [6.07, 6.45) is 4.11. The Balaban J connectivity index is 0.00000272. The van der Waals surface area contributed by atoms with E-state index in [-0.39, 0.29) is 35.8 Å². The van der Waals surface area contributed by atoms with E-state index in [1.807, 2.05) is 12.1 Å². The SMILES string of the molecule is CC(=O)Nc1nc(-c2c(O)cccc2OCC2CC2)cc(C2CCNCC2)c1C#N.Cl. The zero-order chi connectivity index (χ0) is 21.1. The maximum Gasteiger partial charge on any atom is 0.222 e. The highest BCUT2D eigenvalue weighted by molar-refractivity contribution is 5.90. The third-order valence-corrected chi connectivity index (χ3v) is 5.67. The molecule has 2 aromatic rings. The molecule has 1 aromatic carbocycles. The Labute approximate surface area is 188 Å². The van der Waals surface area contributed by atoms with Gasteiger partial charge in [-0.3, -0.25) is 4.79 Å². The second kappa shape index (κ2) is 9.99. The first kappa shape index (κ1) is 22.9. The van der Waals surface area contributed by atoms with Crippen molar-refractivity contribution in [1.29, 1.82) is 5.26 Å². The number of pyridine rings is 1. The molecule has 1 saturated carbocycles. The Kier molecular flexibility index (Phi) is 7.37. The lowest BCUT2D eigenvalue weighted by Crippen LogP contribution is -2.27. The van der Waals surface area contributed by atoms with Crippen molar-refractivity contribution in [3.8, 4) is 28.8 Å². The fraction of sp³-hybridized carbons (Fsp3) is 0.435. The van der Waals surface area contributed by atoms with E-state index in [4.69, 9.17) is 4.74 Å². The van der Waals surface area contributed by atoms with Crippen LogP contribution in [-0.2, 0) is 4.79 Å². The van der Waals surface area contributed by atoms with Crippen LogP contribution in [0.3, 0.4) is 0 Å². The number of amides is 1. The average Bonchev–Trinajstić information content (AvgIpc) is 3.56. The van der Waals surface area contributed by atoms with Crippen LogP contribution in [0.4, 0.5) is 5.82 Å². The maximum absolute atomic E-state index is 11.8. The van der Waals surface area contributed by atoms with E-state index >= 15 is 0 Å². The first-order valence-corrected chi connectivity index (χ1v) is 10.4. The standard InChI is InChI=1S/C23H26N4O3.ClH/c1-14(28)26-23-18(12-24)17(16-7-9-25-10-8-16)11-19(27-23)22-20(29)3-2-4-21(22)30-13-15-5-6-15;/h2-4,11,15-16,25,29H,5-10,13H2,1H3,(H,26,27,28);1H. The number of carbonyl (C=O) groups is 1. The highest BCUT2D eigenvalue weighted by atomic mass is 35.5. The van der Waals surface area contributed by atoms with Gasteiger partial charge in [-0.2, -0.15) is 5.26 Å². The number of nitriles is 1. The number of nitrogens with zero attached hydrogens (tertiary/aromatic N) is 2. The van der Waals surface area contributed by atoms with Gasteiger partial charge in [0.1, 0.15) is 17.6 Å². The van der Waals surface area contributed by atoms with E-state index in [0.29, 0.717) is 35.1 Å². The summed E-state index contributed by atoms with van der Waals surface area (Å²) in [6, 6.07) is 9.27. The minimum atomic E-state index is -0.296. The Morgan fingerprint density at radius 3 is 2.71 bits per heavy atom. The summed E-state index contributed by atoms with van der Waals surface area (Å²) in [7, 11) is 0. The van der Waals surface area contributed by atoms with Gasteiger partial charge in [0.25, 0.3) is 0 Å². The highest BCUT2D eigenvalue weighted by Gasteiger charge is 2.26. The van der Waals surface area contributed by atoms with Gasteiger partial charge in [0.2, 0.25) is 5.91 Å². The molecule has 0 radical (unpaired) electrons. The monoisotopic (exact) mass is 442 g/mol. The molecule has 0 atom stereocenters. The number of rotatable bonds is 6. The van der Waals surface area contributed by atoms with E-state index in [1.54, 1.807) is 12.1 Å². The number of halogens is 1. The number of phenolic OH excluding ortho intramolecular Hbond substituents is 1. The fourth-order valence-electron chi connectivity index (χ4n) is 3.91. The van der Waals surface area contributed by atoms with Gasteiger partial charge in [0.15, 0.2) is 5.82 Å². The first-order chi connectivity index (χ1) is 14.6. The third-order valence-electron chi connectivity index (χ3n) is 5.67. The molecule has 1 amide bonds. The lowest BCUT2D eigenvalue weighted by atomic mass is 9.86. The number of aromatic nitrogens is 1. The van der Waals surface area contributed by atoms with Crippen LogP contribution in [-0.4, -0.2) is 35.7 Å². The Morgan fingerprint density at radius 2 is 2.06 bits per heavy atom. The zero-order valence-corrected chi connectivity index (χ0v) is 18.3. The molecule has 1 aliphatic heterocycles. The molecule has 164 valence electrons. The predicted octanol–water partition coefficient (Wildman–Crippen LogP) is 3.96. The molecule has 1 saturated heterocycles. The van der Waals surface area contributed by atoms with E-state index in [0.717, 1.165) is 44.3 Å². The first-order valence-electron chi connectivity index (χ1n) is 10.4. The minimum Gasteiger partial charge on any atom is -0.507 e. The van der Waals surface area contributed by atoms with E-state index in [1.165, 1.54) is 6.92 Å². The average molecular weight is 443 g/mol. The largest absolute Gasteiger partial charge is 0.507 e. The molecule has 0 unspecified atom stereocenters. The molecule has 2 aliphatic rings. The van der Waals surface area contributed by atoms with Crippen molar-refractivity contribution >= 4 is 24.1 Å². The maximum atomic E-state index is 11.8. The normalized spacial score (nSPS) is 16.1. The number of phenols is 1. The van der Waals surface area contributed by atoms with Crippen LogP contribution in [0.1, 0.15) is 49.7 Å². The number of hydrogen-bond acceptors (Lipinski definition) is 6. The molecule has 7 nitrogen and oxygen atoms in total. The molecular formula is C23H27ClN4O3. The second-order valence-corrected chi connectivity index (χ2v) is 8.04. The summed E-state index contributed by atoms with van der Waals surface area (Å²) in [4.78, 5) is 16.4. The Bertz CT molecular complexity index is 995. The van der Waals surface area contributed by atoms with Crippen molar-refractivity contribution in [3.63, 3.8) is 0 Å². The van der Waals surface area contributed by atoms with Crippen LogP contribution < -0.4 is 15.4 Å². The van der Waals surface area contributed by atoms with Gasteiger partial charge in [0.05, 0.1) is 23.4 Å². The van der Waals surface area contributed by atoms with E-state index < -0.39 is 0 Å².